The maximum atomic E-state index is 12.3. The van der Waals surface area contributed by atoms with Crippen molar-refractivity contribution in [2.24, 2.45) is 5.92 Å². The highest BCUT2D eigenvalue weighted by molar-refractivity contribution is 5.93. The van der Waals surface area contributed by atoms with Crippen molar-refractivity contribution in [3.63, 3.8) is 0 Å². The standard InChI is InChI=1S/C20H30N4O2/c1-16(15-24-13-7-10-19(24)25)14-21-20(26)22-17-8-3-4-9-18(17)23-11-5-2-6-12-23/h3-4,8-9,16H,2,5-7,10-15H2,1H3,(H2,21,22,26)/t16-/m1/s1. The number of likely N-dealkylation sites (tertiary alicyclic amines) is 1. The minimum Gasteiger partial charge on any atom is -0.370 e. The van der Waals surface area contributed by atoms with Crippen LogP contribution in [0.3, 0.4) is 0 Å². The van der Waals surface area contributed by atoms with Crippen molar-refractivity contribution in [2.75, 3.05) is 42.9 Å². The molecule has 2 N–H and O–H groups in total. The van der Waals surface area contributed by atoms with Crippen LogP contribution in [0.25, 0.3) is 0 Å². The summed E-state index contributed by atoms with van der Waals surface area (Å²) in [5, 5.41) is 5.94. The molecule has 3 amide bonds. The van der Waals surface area contributed by atoms with Crippen LogP contribution in [0, 0.1) is 5.92 Å². The van der Waals surface area contributed by atoms with Crippen LogP contribution in [0.15, 0.2) is 24.3 Å². The molecule has 2 aliphatic rings. The molecule has 1 aromatic rings. The molecule has 1 aromatic carbocycles. The van der Waals surface area contributed by atoms with Crippen LogP contribution in [-0.4, -0.2) is 49.6 Å². The highest BCUT2D eigenvalue weighted by atomic mass is 16.2. The first-order valence-corrected chi connectivity index (χ1v) is 9.80. The summed E-state index contributed by atoms with van der Waals surface area (Å²) in [5.41, 5.74) is 1.95. The maximum absolute atomic E-state index is 12.3. The number of anilines is 2. The number of nitrogens with one attached hydrogen (secondary N) is 2. The van der Waals surface area contributed by atoms with Gasteiger partial charge in [-0.15, -0.1) is 0 Å². The highest BCUT2D eigenvalue weighted by Gasteiger charge is 2.22. The molecule has 1 atom stereocenters. The number of piperidine rings is 1. The molecule has 26 heavy (non-hydrogen) atoms. The van der Waals surface area contributed by atoms with Crippen LogP contribution in [0.1, 0.15) is 39.0 Å². The van der Waals surface area contributed by atoms with Crippen molar-refractivity contribution >= 4 is 23.3 Å². The minimum atomic E-state index is -0.186. The summed E-state index contributed by atoms with van der Waals surface area (Å²) >= 11 is 0. The van der Waals surface area contributed by atoms with Gasteiger partial charge in [0.15, 0.2) is 0 Å². The van der Waals surface area contributed by atoms with Crippen LogP contribution in [0.2, 0.25) is 0 Å². The third-order valence-electron chi connectivity index (χ3n) is 5.16. The molecule has 0 radical (unpaired) electrons. The van der Waals surface area contributed by atoms with Gasteiger partial charge >= 0.3 is 6.03 Å². The maximum Gasteiger partial charge on any atom is 0.319 e. The molecule has 0 saturated carbocycles. The fraction of sp³-hybridized carbons (Fsp3) is 0.600. The van der Waals surface area contributed by atoms with Gasteiger partial charge in [0.1, 0.15) is 0 Å². The number of amides is 3. The molecule has 2 saturated heterocycles. The van der Waals surface area contributed by atoms with Crippen molar-refractivity contribution in [2.45, 2.75) is 39.0 Å². The average Bonchev–Trinajstić information content (AvgIpc) is 3.06. The zero-order valence-electron chi connectivity index (χ0n) is 15.7. The summed E-state index contributed by atoms with van der Waals surface area (Å²) in [6, 6.07) is 7.81. The van der Waals surface area contributed by atoms with Gasteiger partial charge in [-0.25, -0.2) is 4.79 Å². The van der Waals surface area contributed by atoms with E-state index >= 15 is 0 Å². The molecule has 0 spiro atoms. The summed E-state index contributed by atoms with van der Waals surface area (Å²) in [6.45, 7) is 6.26. The zero-order chi connectivity index (χ0) is 18.4. The van der Waals surface area contributed by atoms with Gasteiger partial charge in [-0.2, -0.15) is 0 Å². The Bertz CT molecular complexity index is 628. The second kappa shape index (κ2) is 8.92. The number of urea groups is 1. The van der Waals surface area contributed by atoms with Gasteiger partial charge in [0.2, 0.25) is 5.91 Å². The van der Waals surface area contributed by atoms with E-state index in [1.54, 1.807) is 0 Å². The van der Waals surface area contributed by atoms with E-state index in [-0.39, 0.29) is 17.9 Å². The Labute approximate surface area is 155 Å². The van der Waals surface area contributed by atoms with Gasteiger partial charge in [-0.05, 0) is 43.7 Å². The lowest BCUT2D eigenvalue weighted by atomic mass is 10.1. The van der Waals surface area contributed by atoms with E-state index in [1.807, 2.05) is 23.1 Å². The Balaban J connectivity index is 1.49. The molecule has 2 heterocycles. The second-order valence-corrected chi connectivity index (χ2v) is 7.45. The molecule has 6 nitrogen and oxygen atoms in total. The van der Waals surface area contributed by atoms with E-state index in [0.29, 0.717) is 19.5 Å². The Morgan fingerprint density at radius 1 is 1.12 bits per heavy atom. The molecular weight excluding hydrogens is 328 g/mol. The fourth-order valence-electron chi connectivity index (χ4n) is 3.76. The summed E-state index contributed by atoms with van der Waals surface area (Å²) in [7, 11) is 0. The first kappa shape index (κ1) is 18.5. The second-order valence-electron chi connectivity index (χ2n) is 7.45. The van der Waals surface area contributed by atoms with Crippen molar-refractivity contribution in [1.82, 2.24) is 10.2 Å². The normalized spacial score (nSPS) is 18.7. The number of hydrogen-bond acceptors (Lipinski definition) is 3. The molecule has 3 rings (SSSR count). The molecule has 142 valence electrons. The first-order valence-electron chi connectivity index (χ1n) is 9.80. The smallest absolute Gasteiger partial charge is 0.319 e. The van der Waals surface area contributed by atoms with Crippen molar-refractivity contribution in [3.05, 3.63) is 24.3 Å². The molecule has 0 bridgehead atoms. The average molecular weight is 358 g/mol. The molecule has 0 aromatic heterocycles. The van der Waals surface area contributed by atoms with Gasteiger partial charge in [-0.1, -0.05) is 19.1 Å². The fourth-order valence-corrected chi connectivity index (χ4v) is 3.76. The number of nitrogens with zero attached hydrogens (tertiary/aromatic N) is 2. The highest BCUT2D eigenvalue weighted by Crippen LogP contribution is 2.28. The number of rotatable bonds is 6. The number of hydrogen-bond donors (Lipinski definition) is 2. The quantitative estimate of drug-likeness (QED) is 0.821. The Hall–Kier alpha value is -2.24. The van der Waals surface area contributed by atoms with Crippen molar-refractivity contribution in [1.29, 1.82) is 0 Å². The van der Waals surface area contributed by atoms with E-state index in [2.05, 4.69) is 28.5 Å². The van der Waals surface area contributed by atoms with Crippen molar-refractivity contribution < 1.29 is 9.59 Å². The summed E-state index contributed by atoms with van der Waals surface area (Å²) in [6.07, 6.45) is 5.30. The monoisotopic (exact) mass is 358 g/mol. The van der Waals surface area contributed by atoms with E-state index in [1.165, 1.54) is 19.3 Å². The molecular formula is C20H30N4O2. The minimum absolute atomic E-state index is 0.186. The van der Waals surface area contributed by atoms with Gasteiger partial charge < -0.3 is 20.4 Å². The molecule has 0 unspecified atom stereocenters. The topological polar surface area (TPSA) is 64.7 Å². The van der Waals surface area contributed by atoms with Crippen LogP contribution in [0.5, 0.6) is 0 Å². The van der Waals surface area contributed by atoms with E-state index in [9.17, 15) is 9.59 Å². The third-order valence-corrected chi connectivity index (χ3v) is 5.16. The number of carbonyl (C=O) groups is 2. The van der Waals surface area contributed by atoms with E-state index < -0.39 is 0 Å². The number of benzene rings is 1. The molecule has 6 heteroatoms. The lowest BCUT2D eigenvalue weighted by Gasteiger charge is -2.30. The lowest BCUT2D eigenvalue weighted by Crippen LogP contribution is -2.38. The summed E-state index contributed by atoms with van der Waals surface area (Å²) < 4.78 is 0. The SMILES string of the molecule is C[C@H](CNC(=O)Nc1ccccc1N1CCCCC1)CN1CCCC1=O. The van der Waals surface area contributed by atoms with Gasteiger partial charge in [0, 0.05) is 39.1 Å². The predicted octanol–water partition coefficient (Wildman–Crippen LogP) is 3.06. The zero-order valence-corrected chi connectivity index (χ0v) is 15.7. The largest absolute Gasteiger partial charge is 0.370 e. The summed E-state index contributed by atoms with van der Waals surface area (Å²) in [5.74, 6) is 0.469. The van der Waals surface area contributed by atoms with Crippen LogP contribution in [-0.2, 0) is 4.79 Å². The lowest BCUT2D eigenvalue weighted by molar-refractivity contribution is -0.128. The number of carbonyl (C=O) groups excluding carboxylic acids is 2. The van der Waals surface area contributed by atoms with Gasteiger partial charge in [0.05, 0.1) is 11.4 Å². The first-order chi connectivity index (χ1) is 12.6. The van der Waals surface area contributed by atoms with Crippen molar-refractivity contribution in [3.8, 4) is 0 Å². The van der Waals surface area contributed by atoms with E-state index in [4.69, 9.17) is 0 Å². The van der Waals surface area contributed by atoms with Gasteiger partial charge in [-0.3, -0.25) is 4.79 Å². The summed E-state index contributed by atoms with van der Waals surface area (Å²) in [4.78, 5) is 28.3. The molecule has 2 fully saturated rings. The predicted molar refractivity (Wildman–Crippen MR) is 105 cm³/mol. The third kappa shape index (κ3) is 4.90. The Morgan fingerprint density at radius 2 is 1.88 bits per heavy atom. The number of para-hydroxylation sites is 2. The van der Waals surface area contributed by atoms with E-state index in [0.717, 1.165) is 37.4 Å². The van der Waals surface area contributed by atoms with Crippen LogP contribution in [0.4, 0.5) is 16.2 Å². The van der Waals surface area contributed by atoms with Crippen LogP contribution < -0.4 is 15.5 Å². The Morgan fingerprint density at radius 3 is 2.62 bits per heavy atom. The Kier molecular flexibility index (Phi) is 6.36. The van der Waals surface area contributed by atoms with Gasteiger partial charge in [0.25, 0.3) is 0 Å². The molecule has 2 aliphatic heterocycles. The van der Waals surface area contributed by atoms with Crippen LogP contribution >= 0.6 is 0 Å². The molecule has 0 aliphatic carbocycles.